The van der Waals surface area contributed by atoms with E-state index in [1.54, 1.807) is 12.1 Å². The molecule has 1 saturated carbocycles. The van der Waals surface area contributed by atoms with Crippen molar-refractivity contribution in [2.75, 3.05) is 18.8 Å². The maximum absolute atomic E-state index is 13.8. The van der Waals surface area contributed by atoms with Crippen LogP contribution in [0.4, 0.5) is 10.1 Å². The van der Waals surface area contributed by atoms with Gasteiger partial charge in [0, 0.05) is 6.04 Å². The summed E-state index contributed by atoms with van der Waals surface area (Å²) in [5, 5.41) is 9.63. The summed E-state index contributed by atoms with van der Waals surface area (Å²) in [6.45, 7) is 4.19. The van der Waals surface area contributed by atoms with Gasteiger partial charge in [-0.05, 0) is 87.7 Å². The minimum atomic E-state index is -0.288. The fourth-order valence-electron chi connectivity index (χ4n) is 4.16. The number of aliphatic hydroxyl groups is 1. The van der Waals surface area contributed by atoms with Gasteiger partial charge in [0.25, 0.3) is 0 Å². The number of hydrogen-bond donors (Lipinski definition) is 2. The standard InChI is InChI=1S/C18H27FN2O/c1-12-10-18(20)17(19)11-16(12)13-6-8-21(9-7-13)14-2-4-15(22)5-3-14/h10-11,13-15,22H,2-9,20H2,1H3. The monoisotopic (exact) mass is 306 g/mol. The van der Waals surface area contributed by atoms with Gasteiger partial charge in [0.05, 0.1) is 11.8 Å². The molecule has 3 N–H and O–H groups in total. The van der Waals surface area contributed by atoms with Gasteiger partial charge in [0.2, 0.25) is 0 Å². The van der Waals surface area contributed by atoms with Crippen LogP contribution >= 0.6 is 0 Å². The minimum absolute atomic E-state index is 0.0887. The molecule has 22 heavy (non-hydrogen) atoms. The molecule has 2 fully saturated rings. The van der Waals surface area contributed by atoms with Crippen molar-refractivity contribution >= 4 is 5.69 Å². The van der Waals surface area contributed by atoms with E-state index in [4.69, 9.17) is 5.73 Å². The topological polar surface area (TPSA) is 49.5 Å². The first-order valence-electron chi connectivity index (χ1n) is 8.52. The molecule has 0 aromatic heterocycles. The highest BCUT2D eigenvalue weighted by atomic mass is 19.1. The number of piperidine rings is 1. The van der Waals surface area contributed by atoms with Crippen LogP contribution in [-0.4, -0.2) is 35.2 Å². The van der Waals surface area contributed by atoms with Gasteiger partial charge >= 0.3 is 0 Å². The average molecular weight is 306 g/mol. The van der Waals surface area contributed by atoms with Gasteiger partial charge in [-0.25, -0.2) is 4.39 Å². The van der Waals surface area contributed by atoms with Crippen molar-refractivity contribution in [1.29, 1.82) is 0 Å². The Bertz CT molecular complexity index is 518. The number of halogens is 1. The van der Waals surface area contributed by atoms with Gasteiger partial charge in [-0.3, -0.25) is 0 Å². The summed E-state index contributed by atoms with van der Waals surface area (Å²) >= 11 is 0. The number of nitrogens with zero attached hydrogens (tertiary/aromatic N) is 1. The molecule has 0 spiro atoms. The Morgan fingerprint density at radius 2 is 1.73 bits per heavy atom. The third-order valence-corrected chi connectivity index (χ3v) is 5.54. The Kier molecular flexibility index (Phi) is 4.69. The number of aryl methyl sites for hydroxylation is 1. The third kappa shape index (κ3) is 3.28. The number of benzene rings is 1. The summed E-state index contributed by atoms with van der Waals surface area (Å²) in [7, 11) is 0. The van der Waals surface area contributed by atoms with Gasteiger partial charge in [0.1, 0.15) is 5.82 Å². The number of nitrogen functional groups attached to an aromatic ring is 1. The lowest BCUT2D eigenvalue weighted by Gasteiger charge is -2.40. The molecule has 1 aromatic carbocycles. The van der Waals surface area contributed by atoms with Crippen molar-refractivity contribution in [3.05, 3.63) is 29.1 Å². The lowest BCUT2D eigenvalue weighted by molar-refractivity contribution is 0.0618. The molecule has 1 aliphatic carbocycles. The van der Waals surface area contributed by atoms with E-state index in [0.717, 1.165) is 62.7 Å². The van der Waals surface area contributed by atoms with Gasteiger partial charge in [-0.1, -0.05) is 0 Å². The summed E-state index contributed by atoms with van der Waals surface area (Å²) in [6.07, 6.45) is 6.18. The molecule has 0 atom stereocenters. The minimum Gasteiger partial charge on any atom is -0.396 e. The van der Waals surface area contributed by atoms with Crippen LogP contribution in [0.15, 0.2) is 12.1 Å². The van der Waals surface area contributed by atoms with Crippen molar-refractivity contribution in [1.82, 2.24) is 4.90 Å². The fourth-order valence-corrected chi connectivity index (χ4v) is 4.16. The van der Waals surface area contributed by atoms with Crippen molar-refractivity contribution in [2.24, 2.45) is 0 Å². The summed E-state index contributed by atoms with van der Waals surface area (Å²) in [5.41, 5.74) is 8.14. The van der Waals surface area contributed by atoms with Crippen molar-refractivity contribution < 1.29 is 9.50 Å². The number of aliphatic hydroxyl groups excluding tert-OH is 1. The first-order chi connectivity index (χ1) is 10.5. The maximum atomic E-state index is 13.8. The molecule has 1 aliphatic heterocycles. The molecule has 1 aromatic rings. The number of rotatable bonds is 2. The van der Waals surface area contributed by atoms with E-state index in [-0.39, 0.29) is 17.6 Å². The Morgan fingerprint density at radius 3 is 2.36 bits per heavy atom. The quantitative estimate of drug-likeness (QED) is 0.825. The van der Waals surface area contributed by atoms with Gasteiger partial charge in [-0.15, -0.1) is 0 Å². The molecule has 0 amide bonds. The highest BCUT2D eigenvalue weighted by molar-refractivity contribution is 5.47. The van der Waals surface area contributed by atoms with E-state index in [1.165, 1.54) is 0 Å². The molecule has 3 rings (SSSR count). The van der Waals surface area contributed by atoms with Gasteiger partial charge in [0.15, 0.2) is 0 Å². The van der Waals surface area contributed by atoms with Crippen LogP contribution in [0.25, 0.3) is 0 Å². The summed E-state index contributed by atoms with van der Waals surface area (Å²) in [5.74, 6) is 0.157. The molecule has 1 saturated heterocycles. The lowest BCUT2D eigenvalue weighted by Crippen LogP contribution is -2.43. The Balaban J connectivity index is 1.61. The zero-order chi connectivity index (χ0) is 15.7. The largest absolute Gasteiger partial charge is 0.396 e. The molecule has 0 radical (unpaired) electrons. The smallest absolute Gasteiger partial charge is 0.146 e. The van der Waals surface area contributed by atoms with Crippen LogP contribution in [0.2, 0.25) is 0 Å². The van der Waals surface area contributed by atoms with E-state index in [9.17, 15) is 9.50 Å². The second kappa shape index (κ2) is 6.55. The third-order valence-electron chi connectivity index (χ3n) is 5.54. The second-order valence-corrected chi connectivity index (χ2v) is 7.00. The van der Waals surface area contributed by atoms with Crippen molar-refractivity contribution in [3.8, 4) is 0 Å². The number of anilines is 1. The van der Waals surface area contributed by atoms with Crippen LogP contribution in [0, 0.1) is 12.7 Å². The van der Waals surface area contributed by atoms with Gasteiger partial charge < -0.3 is 15.7 Å². The second-order valence-electron chi connectivity index (χ2n) is 7.00. The lowest BCUT2D eigenvalue weighted by atomic mass is 9.84. The molecule has 0 bridgehead atoms. The summed E-state index contributed by atoms with van der Waals surface area (Å²) < 4.78 is 13.8. The summed E-state index contributed by atoms with van der Waals surface area (Å²) in [4.78, 5) is 2.57. The zero-order valence-electron chi connectivity index (χ0n) is 13.4. The summed E-state index contributed by atoms with van der Waals surface area (Å²) in [6, 6.07) is 4.04. The van der Waals surface area contributed by atoms with E-state index < -0.39 is 0 Å². The number of nitrogens with two attached hydrogens (primary N) is 1. The fraction of sp³-hybridized carbons (Fsp3) is 0.667. The van der Waals surface area contributed by atoms with E-state index in [1.807, 2.05) is 6.92 Å². The van der Waals surface area contributed by atoms with E-state index in [0.29, 0.717) is 12.0 Å². The highest BCUT2D eigenvalue weighted by Crippen LogP contribution is 2.34. The average Bonchev–Trinajstić information content (AvgIpc) is 2.52. The molecule has 122 valence electrons. The Hall–Kier alpha value is -1.13. The van der Waals surface area contributed by atoms with Crippen molar-refractivity contribution in [3.63, 3.8) is 0 Å². The number of hydrogen-bond acceptors (Lipinski definition) is 3. The Labute approximate surface area is 132 Å². The van der Waals surface area contributed by atoms with E-state index >= 15 is 0 Å². The van der Waals surface area contributed by atoms with Gasteiger partial charge in [-0.2, -0.15) is 0 Å². The number of likely N-dealkylation sites (tertiary alicyclic amines) is 1. The predicted molar refractivity (Wildman–Crippen MR) is 87.4 cm³/mol. The molecule has 4 heteroatoms. The molecular formula is C18H27FN2O. The van der Waals surface area contributed by atoms with Crippen LogP contribution in [0.1, 0.15) is 55.6 Å². The molecule has 2 aliphatic rings. The van der Waals surface area contributed by atoms with Crippen LogP contribution in [0.3, 0.4) is 0 Å². The van der Waals surface area contributed by atoms with Crippen LogP contribution in [-0.2, 0) is 0 Å². The van der Waals surface area contributed by atoms with E-state index in [2.05, 4.69) is 4.90 Å². The SMILES string of the molecule is Cc1cc(N)c(F)cc1C1CCN(C2CCC(O)CC2)CC1. The van der Waals surface area contributed by atoms with Crippen molar-refractivity contribution in [2.45, 2.75) is 63.5 Å². The zero-order valence-corrected chi connectivity index (χ0v) is 13.4. The highest BCUT2D eigenvalue weighted by Gasteiger charge is 2.29. The molecule has 3 nitrogen and oxygen atoms in total. The predicted octanol–water partition coefficient (Wildman–Crippen LogP) is 3.20. The molecular weight excluding hydrogens is 279 g/mol. The normalized spacial score (nSPS) is 28.0. The van der Waals surface area contributed by atoms with Crippen LogP contribution < -0.4 is 5.73 Å². The maximum Gasteiger partial charge on any atom is 0.146 e. The first kappa shape index (κ1) is 15.8. The first-order valence-corrected chi connectivity index (χ1v) is 8.52. The van der Waals surface area contributed by atoms with Crippen LogP contribution in [0.5, 0.6) is 0 Å². The molecule has 0 unspecified atom stereocenters. The molecule has 1 heterocycles. The Morgan fingerprint density at radius 1 is 1.09 bits per heavy atom.